The molecular weight excluding hydrogens is 643 g/mol. The topological polar surface area (TPSA) is 150 Å². The smallest absolute Gasteiger partial charge is 0.324 e. The van der Waals surface area contributed by atoms with Gasteiger partial charge in [0.25, 0.3) is 11.8 Å². The van der Waals surface area contributed by atoms with Gasteiger partial charge < -0.3 is 25.8 Å². The largest absolute Gasteiger partial charge is 0.339 e. The van der Waals surface area contributed by atoms with E-state index in [0.717, 1.165) is 18.9 Å². The minimum atomic E-state index is -3.70. The molecule has 1 aromatic carbocycles. The van der Waals surface area contributed by atoms with Crippen LogP contribution in [0.25, 0.3) is 0 Å². The molecule has 2 heterocycles. The van der Waals surface area contributed by atoms with Crippen molar-refractivity contribution in [2.24, 2.45) is 11.8 Å². The number of halogens is 3. The fourth-order valence-electron chi connectivity index (χ4n) is 6.41. The molecule has 2 aliphatic rings. The Morgan fingerprint density at radius 1 is 1.04 bits per heavy atom. The van der Waals surface area contributed by atoms with Gasteiger partial charge in [-0.25, -0.2) is 9.02 Å². The van der Waals surface area contributed by atoms with Gasteiger partial charge in [-0.15, -0.1) is 0 Å². The summed E-state index contributed by atoms with van der Waals surface area (Å²) in [5, 5.41) is 15.0. The zero-order chi connectivity index (χ0) is 36.0. The second-order valence-corrected chi connectivity index (χ2v) is 13.5. The first kappa shape index (κ1) is 37.8. The van der Waals surface area contributed by atoms with Gasteiger partial charge in [0.2, 0.25) is 11.8 Å². The number of carbonyl (C=O) groups is 4. The molecule has 4 amide bonds. The SMILES string of the molecule is CCc1nonc1C(=O)N[C@H](C(=O)Nc1ccc([C@H](C)[C@@H](NC(=O)C(F)(F)CC)C(=O)N2CCN(C)[C@H](C)C2)cc1F)C1CCC(C)CC1. The van der Waals surface area contributed by atoms with Crippen molar-refractivity contribution in [2.45, 2.75) is 103 Å². The molecule has 0 spiro atoms. The first-order valence-corrected chi connectivity index (χ1v) is 17.1. The number of piperazine rings is 1. The van der Waals surface area contributed by atoms with Crippen LogP contribution in [-0.2, 0) is 20.8 Å². The first-order valence-electron chi connectivity index (χ1n) is 17.1. The third-order valence-corrected chi connectivity index (χ3v) is 10.1. The lowest BCUT2D eigenvalue weighted by Crippen LogP contribution is -2.59. The molecule has 3 N–H and O–H groups in total. The molecule has 49 heavy (non-hydrogen) atoms. The molecule has 4 atom stereocenters. The van der Waals surface area contributed by atoms with E-state index in [-0.39, 0.29) is 28.9 Å². The highest BCUT2D eigenvalue weighted by Crippen LogP contribution is 2.32. The molecule has 270 valence electrons. The van der Waals surface area contributed by atoms with Crippen LogP contribution in [0.5, 0.6) is 0 Å². The Hall–Kier alpha value is -4.01. The van der Waals surface area contributed by atoms with E-state index >= 15 is 4.39 Å². The number of nitrogens with one attached hydrogen (secondary N) is 3. The van der Waals surface area contributed by atoms with Crippen LogP contribution < -0.4 is 16.0 Å². The number of nitrogens with zero attached hydrogens (tertiary/aromatic N) is 4. The number of hydrogen-bond donors (Lipinski definition) is 3. The Morgan fingerprint density at radius 2 is 1.73 bits per heavy atom. The van der Waals surface area contributed by atoms with Crippen molar-refractivity contribution in [1.82, 2.24) is 30.7 Å². The third-order valence-electron chi connectivity index (χ3n) is 10.1. The Bertz CT molecular complexity index is 1500. The Kier molecular flexibility index (Phi) is 12.4. The van der Waals surface area contributed by atoms with E-state index in [1.165, 1.54) is 24.0 Å². The molecule has 4 rings (SSSR count). The number of benzene rings is 1. The maximum absolute atomic E-state index is 15.7. The monoisotopic (exact) mass is 691 g/mol. The van der Waals surface area contributed by atoms with E-state index in [4.69, 9.17) is 4.63 Å². The van der Waals surface area contributed by atoms with Crippen LogP contribution in [0.1, 0.15) is 94.4 Å². The zero-order valence-corrected chi connectivity index (χ0v) is 29.0. The predicted octanol–water partition coefficient (Wildman–Crippen LogP) is 4.13. The molecule has 1 saturated heterocycles. The number of hydrogen-bond acceptors (Lipinski definition) is 8. The van der Waals surface area contributed by atoms with Crippen molar-refractivity contribution >= 4 is 29.3 Å². The van der Waals surface area contributed by atoms with Crippen LogP contribution >= 0.6 is 0 Å². The summed E-state index contributed by atoms with van der Waals surface area (Å²) in [6.07, 6.45) is 2.74. The van der Waals surface area contributed by atoms with Crippen LogP contribution in [-0.4, -0.2) is 94.5 Å². The molecule has 1 aromatic heterocycles. The number of rotatable bonds is 12. The number of anilines is 1. The highest BCUT2D eigenvalue weighted by Gasteiger charge is 2.42. The number of aromatic nitrogens is 2. The van der Waals surface area contributed by atoms with Gasteiger partial charge in [0, 0.05) is 38.0 Å². The van der Waals surface area contributed by atoms with Crippen molar-refractivity contribution in [1.29, 1.82) is 0 Å². The van der Waals surface area contributed by atoms with Gasteiger partial charge in [-0.3, -0.25) is 19.2 Å². The van der Waals surface area contributed by atoms with Crippen molar-refractivity contribution < 1.29 is 37.0 Å². The van der Waals surface area contributed by atoms with Gasteiger partial charge in [-0.05, 0) is 67.9 Å². The summed E-state index contributed by atoms with van der Waals surface area (Å²) < 4.78 is 49.1. The third kappa shape index (κ3) is 8.97. The first-order chi connectivity index (χ1) is 23.2. The van der Waals surface area contributed by atoms with Crippen LogP contribution in [0.4, 0.5) is 18.9 Å². The molecule has 1 aliphatic carbocycles. The number of alkyl halides is 2. The fraction of sp³-hybridized carbons (Fsp3) is 0.647. The molecule has 0 radical (unpaired) electrons. The lowest BCUT2D eigenvalue weighted by atomic mass is 9.79. The quantitative estimate of drug-likeness (QED) is 0.301. The molecule has 0 bridgehead atoms. The Labute approximate surface area is 284 Å². The summed E-state index contributed by atoms with van der Waals surface area (Å²) in [6.45, 7) is 9.81. The Balaban J connectivity index is 1.56. The van der Waals surface area contributed by atoms with Crippen LogP contribution in [0.2, 0.25) is 0 Å². The molecular formula is C34H48F3N7O5. The summed E-state index contributed by atoms with van der Waals surface area (Å²) in [4.78, 5) is 56.7. The number of carbonyl (C=O) groups excluding carboxylic acids is 4. The summed E-state index contributed by atoms with van der Waals surface area (Å²) >= 11 is 0. The van der Waals surface area contributed by atoms with Crippen molar-refractivity contribution in [3.8, 4) is 0 Å². The minimum Gasteiger partial charge on any atom is -0.339 e. The van der Waals surface area contributed by atoms with Gasteiger partial charge in [0.15, 0.2) is 5.69 Å². The van der Waals surface area contributed by atoms with E-state index in [1.807, 2.05) is 14.0 Å². The molecule has 1 aliphatic heterocycles. The van der Waals surface area contributed by atoms with E-state index < -0.39 is 59.8 Å². The zero-order valence-electron chi connectivity index (χ0n) is 29.0. The van der Waals surface area contributed by atoms with E-state index in [2.05, 4.69) is 38.1 Å². The molecule has 12 nitrogen and oxygen atoms in total. The highest BCUT2D eigenvalue weighted by atomic mass is 19.3. The van der Waals surface area contributed by atoms with Gasteiger partial charge in [0.1, 0.15) is 23.6 Å². The maximum Gasteiger partial charge on any atom is 0.324 e. The molecule has 1 saturated carbocycles. The van der Waals surface area contributed by atoms with Crippen molar-refractivity contribution in [3.05, 3.63) is 41.0 Å². The minimum absolute atomic E-state index is 0.00807. The van der Waals surface area contributed by atoms with Gasteiger partial charge in [0.05, 0.1) is 5.69 Å². The number of likely N-dealkylation sites (N-methyl/N-ethyl adjacent to an activating group) is 1. The molecule has 2 aromatic rings. The summed E-state index contributed by atoms with van der Waals surface area (Å²) in [7, 11) is 1.92. The highest BCUT2D eigenvalue weighted by molar-refractivity contribution is 6.01. The second kappa shape index (κ2) is 16.1. The standard InChI is InChI=1S/C34H48F3N7O5/c1-7-25-29(42-49-41-25)31(46)39-28(22-11-9-19(3)10-12-22)30(45)38-26-14-13-23(17-24(26)35)21(5)27(40-33(48)34(36,37)8-2)32(47)44-16-15-43(6)20(4)18-44/h13-14,17,19-22,27-28H,7-12,15-16,18H2,1-6H3,(H,38,45)(H,39,46)(H,40,48)/t19?,20-,21+,22?,27-,28+/m1/s1. The number of amides is 4. The molecule has 2 fully saturated rings. The van der Waals surface area contributed by atoms with E-state index in [1.54, 1.807) is 13.8 Å². The Morgan fingerprint density at radius 3 is 2.35 bits per heavy atom. The lowest BCUT2D eigenvalue weighted by Gasteiger charge is -2.40. The van der Waals surface area contributed by atoms with E-state index in [9.17, 15) is 28.0 Å². The summed E-state index contributed by atoms with van der Waals surface area (Å²) in [5.74, 6) is -8.53. The predicted molar refractivity (Wildman–Crippen MR) is 175 cm³/mol. The van der Waals surface area contributed by atoms with Crippen LogP contribution in [0.3, 0.4) is 0 Å². The molecule has 0 unspecified atom stereocenters. The van der Waals surface area contributed by atoms with Crippen molar-refractivity contribution in [2.75, 3.05) is 32.0 Å². The lowest BCUT2D eigenvalue weighted by molar-refractivity contribution is -0.150. The van der Waals surface area contributed by atoms with Gasteiger partial charge in [-0.2, -0.15) is 8.78 Å². The normalized spacial score (nSPS) is 22.1. The molecule has 15 heteroatoms. The van der Waals surface area contributed by atoms with E-state index in [0.29, 0.717) is 50.5 Å². The fourth-order valence-corrected chi connectivity index (χ4v) is 6.41. The number of aryl methyl sites for hydroxylation is 1. The summed E-state index contributed by atoms with van der Waals surface area (Å²) in [5.41, 5.74) is 0.415. The van der Waals surface area contributed by atoms with Gasteiger partial charge in [-0.1, -0.05) is 51.8 Å². The van der Waals surface area contributed by atoms with Crippen LogP contribution in [0.15, 0.2) is 22.8 Å². The van der Waals surface area contributed by atoms with Crippen LogP contribution in [0, 0.1) is 17.7 Å². The average molecular weight is 692 g/mol. The second-order valence-electron chi connectivity index (χ2n) is 13.5. The maximum atomic E-state index is 15.7. The summed E-state index contributed by atoms with van der Waals surface area (Å²) in [6, 6.07) is 1.52. The van der Waals surface area contributed by atoms with Gasteiger partial charge >= 0.3 is 5.92 Å². The van der Waals surface area contributed by atoms with Crippen molar-refractivity contribution in [3.63, 3.8) is 0 Å². The average Bonchev–Trinajstić information content (AvgIpc) is 3.57.